The maximum atomic E-state index is 12.0. The van der Waals surface area contributed by atoms with Gasteiger partial charge in [-0.15, -0.1) is 6.58 Å². The van der Waals surface area contributed by atoms with Crippen LogP contribution in [0.3, 0.4) is 0 Å². The number of hydrogen-bond acceptors (Lipinski definition) is 5. The first-order valence-electron chi connectivity index (χ1n) is 4.64. The average molecular weight is 273 g/mol. The fourth-order valence-electron chi connectivity index (χ4n) is 1.50. The molecule has 0 aliphatic heterocycles. The van der Waals surface area contributed by atoms with E-state index in [0.29, 0.717) is 0 Å². The molecule has 0 amide bonds. The molecule has 0 saturated carbocycles. The van der Waals surface area contributed by atoms with Gasteiger partial charge in [0.2, 0.25) is 0 Å². The van der Waals surface area contributed by atoms with Crippen molar-refractivity contribution in [2.45, 2.75) is 4.90 Å². The van der Waals surface area contributed by atoms with Crippen molar-refractivity contribution >= 4 is 38.6 Å². The molecule has 0 fully saturated rings. The second-order valence-corrected chi connectivity index (χ2v) is 5.72. The first-order valence-corrected chi connectivity index (χ1v) is 6.67. The highest BCUT2D eigenvalue weighted by molar-refractivity contribution is 7.91. The highest BCUT2D eigenvalue weighted by Crippen LogP contribution is 2.31. The Morgan fingerprint density at radius 1 is 1.53 bits per heavy atom. The van der Waals surface area contributed by atoms with Gasteiger partial charge in [-0.3, -0.25) is 0 Å². The Balaban J connectivity index is 2.83. The summed E-state index contributed by atoms with van der Waals surface area (Å²) in [5.41, 5.74) is 5.83. The zero-order chi connectivity index (χ0) is 12.6. The summed E-state index contributed by atoms with van der Waals surface area (Å²) < 4.78 is 29.1. The van der Waals surface area contributed by atoms with Crippen LogP contribution in [0.2, 0.25) is 5.02 Å². The van der Waals surface area contributed by atoms with Crippen molar-refractivity contribution in [2.24, 2.45) is 0 Å². The van der Waals surface area contributed by atoms with Crippen LogP contribution < -0.4 is 5.73 Å². The third-order valence-corrected chi connectivity index (χ3v) is 4.27. The van der Waals surface area contributed by atoms with Gasteiger partial charge >= 0.3 is 0 Å². The van der Waals surface area contributed by atoms with Gasteiger partial charge in [-0.05, 0) is 12.1 Å². The SMILES string of the molecule is C=CCS(=O)(=O)c1c(Cl)ccc2oc(N)nc12. The Morgan fingerprint density at radius 3 is 2.88 bits per heavy atom. The lowest BCUT2D eigenvalue weighted by Gasteiger charge is -2.03. The zero-order valence-corrected chi connectivity index (χ0v) is 10.3. The lowest BCUT2D eigenvalue weighted by molar-refractivity contribution is 0.599. The first-order chi connectivity index (χ1) is 7.95. The maximum absolute atomic E-state index is 12.0. The topological polar surface area (TPSA) is 86.2 Å². The van der Waals surface area contributed by atoms with Gasteiger partial charge in [0, 0.05) is 0 Å². The molecule has 0 atom stereocenters. The number of fused-ring (bicyclic) bond motifs is 1. The van der Waals surface area contributed by atoms with Gasteiger partial charge < -0.3 is 10.2 Å². The van der Waals surface area contributed by atoms with Crippen LogP contribution in [0.5, 0.6) is 0 Å². The van der Waals surface area contributed by atoms with Crippen molar-refractivity contribution in [3.8, 4) is 0 Å². The first kappa shape index (κ1) is 11.9. The monoisotopic (exact) mass is 272 g/mol. The number of nitrogen functional groups attached to an aromatic ring is 1. The van der Waals surface area contributed by atoms with Gasteiger partial charge in [0.05, 0.1) is 10.8 Å². The highest BCUT2D eigenvalue weighted by Gasteiger charge is 2.23. The third-order valence-electron chi connectivity index (χ3n) is 2.13. The molecule has 0 aliphatic carbocycles. The molecule has 0 saturated heterocycles. The van der Waals surface area contributed by atoms with Crippen LogP contribution in [0.1, 0.15) is 0 Å². The van der Waals surface area contributed by atoms with Gasteiger partial charge in [-0.2, -0.15) is 4.98 Å². The summed E-state index contributed by atoms with van der Waals surface area (Å²) in [6.45, 7) is 3.40. The molecule has 2 aromatic rings. The Kier molecular flexibility index (Phi) is 2.84. The molecule has 1 aromatic carbocycles. The Morgan fingerprint density at radius 2 is 2.24 bits per heavy atom. The molecule has 0 radical (unpaired) electrons. The summed E-state index contributed by atoms with van der Waals surface area (Å²) in [5, 5.41) is 0.0904. The van der Waals surface area contributed by atoms with Gasteiger partial charge in [0.1, 0.15) is 10.4 Å². The van der Waals surface area contributed by atoms with Crippen molar-refractivity contribution in [1.29, 1.82) is 0 Å². The van der Waals surface area contributed by atoms with E-state index in [1.54, 1.807) is 0 Å². The van der Waals surface area contributed by atoms with E-state index in [-0.39, 0.29) is 32.8 Å². The standard InChI is InChI=1S/C10H9ClN2O3S/c1-2-5-17(14,15)9-6(11)3-4-7-8(9)13-10(12)16-7/h2-4H,1,5H2,(H2,12,13). The quantitative estimate of drug-likeness (QED) is 0.864. The molecule has 1 aromatic heterocycles. The highest BCUT2D eigenvalue weighted by atomic mass is 35.5. The average Bonchev–Trinajstić information content (AvgIpc) is 2.57. The van der Waals surface area contributed by atoms with Crippen LogP contribution in [0.25, 0.3) is 11.1 Å². The van der Waals surface area contributed by atoms with Crippen molar-refractivity contribution in [3.05, 3.63) is 29.8 Å². The van der Waals surface area contributed by atoms with Gasteiger partial charge in [-0.1, -0.05) is 17.7 Å². The van der Waals surface area contributed by atoms with Crippen LogP contribution in [-0.4, -0.2) is 19.2 Å². The molecule has 0 bridgehead atoms. The van der Waals surface area contributed by atoms with E-state index in [0.717, 1.165) is 0 Å². The largest absolute Gasteiger partial charge is 0.424 e. The summed E-state index contributed by atoms with van der Waals surface area (Å²) in [7, 11) is -3.58. The van der Waals surface area contributed by atoms with Crippen LogP contribution in [0, 0.1) is 0 Å². The number of halogens is 1. The van der Waals surface area contributed by atoms with Crippen molar-refractivity contribution < 1.29 is 12.8 Å². The van der Waals surface area contributed by atoms with Crippen molar-refractivity contribution in [1.82, 2.24) is 4.98 Å². The number of hydrogen-bond donors (Lipinski definition) is 1. The fraction of sp³-hybridized carbons (Fsp3) is 0.100. The predicted octanol–water partition coefficient (Wildman–Crippen LogP) is 2.02. The molecule has 0 spiro atoms. The molecule has 2 N–H and O–H groups in total. The molecule has 7 heteroatoms. The number of benzene rings is 1. The summed E-state index contributed by atoms with van der Waals surface area (Å²) in [5.74, 6) is -0.224. The molecule has 0 unspecified atom stereocenters. The van der Waals surface area contributed by atoms with Crippen molar-refractivity contribution in [3.63, 3.8) is 0 Å². The predicted molar refractivity (Wildman–Crippen MR) is 65.7 cm³/mol. The van der Waals surface area contributed by atoms with Crippen LogP contribution in [0.15, 0.2) is 34.1 Å². The van der Waals surface area contributed by atoms with Crippen LogP contribution >= 0.6 is 11.6 Å². The lowest BCUT2D eigenvalue weighted by Crippen LogP contribution is -2.06. The third kappa shape index (κ3) is 2.01. The zero-order valence-electron chi connectivity index (χ0n) is 8.68. The van der Waals surface area contributed by atoms with E-state index in [9.17, 15) is 8.42 Å². The molecule has 1 heterocycles. The Bertz CT molecular complexity index is 691. The smallest absolute Gasteiger partial charge is 0.293 e. The summed E-state index contributed by atoms with van der Waals surface area (Å²) in [6, 6.07) is 2.86. The van der Waals surface area contributed by atoms with Crippen LogP contribution in [0.4, 0.5) is 6.01 Å². The van der Waals surface area contributed by atoms with E-state index in [4.69, 9.17) is 21.8 Å². The van der Waals surface area contributed by atoms with Gasteiger partial charge in [0.25, 0.3) is 6.01 Å². The van der Waals surface area contributed by atoms with E-state index in [1.165, 1.54) is 18.2 Å². The lowest BCUT2D eigenvalue weighted by atomic mass is 10.3. The second kappa shape index (κ2) is 4.05. The van der Waals surface area contributed by atoms with E-state index >= 15 is 0 Å². The van der Waals surface area contributed by atoms with Crippen molar-refractivity contribution in [2.75, 3.05) is 11.5 Å². The van der Waals surface area contributed by atoms with E-state index in [2.05, 4.69) is 11.6 Å². The molecule has 0 aliphatic rings. The molecule has 5 nitrogen and oxygen atoms in total. The summed E-state index contributed by atoms with van der Waals surface area (Å²) >= 11 is 5.90. The van der Waals surface area contributed by atoms with Gasteiger partial charge in [0.15, 0.2) is 15.4 Å². The summed E-state index contributed by atoms with van der Waals surface area (Å²) in [6.07, 6.45) is 1.29. The normalized spacial score (nSPS) is 11.8. The molecule has 2 rings (SSSR count). The molecular formula is C10H9ClN2O3S. The van der Waals surface area contributed by atoms with E-state index < -0.39 is 9.84 Å². The number of sulfone groups is 1. The number of aromatic nitrogens is 1. The number of nitrogens with two attached hydrogens (primary N) is 1. The molecular weight excluding hydrogens is 264 g/mol. The number of anilines is 1. The molecule has 90 valence electrons. The maximum Gasteiger partial charge on any atom is 0.293 e. The molecule has 17 heavy (non-hydrogen) atoms. The Labute approximate surface area is 103 Å². The minimum absolute atomic E-state index is 0.0722. The Hall–Kier alpha value is -1.53. The summed E-state index contributed by atoms with van der Waals surface area (Å²) in [4.78, 5) is 3.76. The van der Waals surface area contributed by atoms with Gasteiger partial charge in [-0.25, -0.2) is 8.42 Å². The second-order valence-electron chi connectivity index (χ2n) is 3.35. The van der Waals surface area contributed by atoms with E-state index in [1.807, 2.05) is 0 Å². The number of nitrogens with zero attached hydrogens (tertiary/aromatic N) is 1. The minimum Gasteiger partial charge on any atom is -0.424 e. The number of oxazole rings is 1. The minimum atomic E-state index is -3.58. The van der Waals surface area contributed by atoms with Crippen LogP contribution in [-0.2, 0) is 9.84 Å². The number of rotatable bonds is 3. The fourth-order valence-corrected chi connectivity index (χ4v) is 3.28.